The van der Waals surface area contributed by atoms with Crippen molar-refractivity contribution < 1.29 is 17.9 Å². The standard InChI is InChI=1S/C22H21IN2O4S/c1-15(2)29-18-4-6-19(7-5-18)30(27,28)25-21-8-3-16(14-23)13-20(21)22(26)17-9-11-24-12-10-17/h3-13,15,25H,14H2,1-2H3. The lowest BCUT2D eigenvalue weighted by Crippen LogP contribution is -2.16. The van der Waals surface area contributed by atoms with E-state index in [9.17, 15) is 13.2 Å². The van der Waals surface area contributed by atoms with E-state index in [1.54, 1.807) is 42.5 Å². The fourth-order valence-electron chi connectivity index (χ4n) is 2.78. The van der Waals surface area contributed by atoms with E-state index < -0.39 is 10.0 Å². The maximum Gasteiger partial charge on any atom is 0.261 e. The summed E-state index contributed by atoms with van der Waals surface area (Å²) in [5, 5.41) is 0. The lowest BCUT2D eigenvalue weighted by molar-refractivity contribution is 0.103. The molecule has 0 fully saturated rings. The van der Waals surface area contributed by atoms with Crippen LogP contribution in [0, 0.1) is 0 Å². The molecule has 30 heavy (non-hydrogen) atoms. The second kappa shape index (κ2) is 9.57. The van der Waals surface area contributed by atoms with Gasteiger partial charge in [-0.3, -0.25) is 14.5 Å². The maximum absolute atomic E-state index is 13.0. The summed E-state index contributed by atoms with van der Waals surface area (Å²) in [6, 6.07) is 14.5. The summed E-state index contributed by atoms with van der Waals surface area (Å²) in [6.45, 7) is 3.79. The summed E-state index contributed by atoms with van der Waals surface area (Å²) >= 11 is 2.20. The molecule has 0 saturated carbocycles. The zero-order chi connectivity index (χ0) is 21.7. The zero-order valence-corrected chi connectivity index (χ0v) is 19.5. The van der Waals surface area contributed by atoms with E-state index in [4.69, 9.17) is 4.74 Å². The number of ether oxygens (including phenoxy) is 1. The van der Waals surface area contributed by atoms with Crippen LogP contribution in [0.4, 0.5) is 5.69 Å². The van der Waals surface area contributed by atoms with Crippen molar-refractivity contribution in [2.24, 2.45) is 0 Å². The Bertz CT molecular complexity index is 1130. The monoisotopic (exact) mass is 536 g/mol. The molecular weight excluding hydrogens is 515 g/mol. The highest BCUT2D eigenvalue weighted by Crippen LogP contribution is 2.26. The number of rotatable bonds is 8. The molecule has 0 unspecified atom stereocenters. The van der Waals surface area contributed by atoms with Crippen molar-refractivity contribution in [1.29, 1.82) is 0 Å². The Labute approximate surface area is 189 Å². The van der Waals surface area contributed by atoms with Crippen molar-refractivity contribution in [3.63, 3.8) is 0 Å². The number of aromatic nitrogens is 1. The van der Waals surface area contributed by atoms with Gasteiger partial charge in [-0.05, 0) is 67.9 Å². The molecule has 0 aliphatic rings. The van der Waals surface area contributed by atoms with Gasteiger partial charge in [0.05, 0.1) is 16.7 Å². The molecule has 0 radical (unpaired) electrons. The Morgan fingerprint density at radius 1 is 1.07 bits per heavy atom. The number of anilines is 1. The Morgan fingerprint density at radius 2 is 1.73 bits per heavy atom. The molecule has 0 saturated heterocycles. The highest BCUT2D eigenvalue weighted by molar-refractivity contribution is 14.1. The van der Waals surface area contributed by atoms with Gasteiger partial charge in [-0.2, -0.15) is 0 Å². The first kappa shape index (κ1) is 22.2. The topological polar surface area (TPSA) is 85.4 Å². The number of nitrogens with one attached hydrogen (secondary N) is 1. The van der Waals surface area contributed by atoms with Crippen LogP contribution in [0.15, 0.2) is 71.9 Å². The van der Waals surface area contributed by atoms with Crippen LogP contribution in [0.25, 0.3) is 0 Å². The quantitative estimate of drug-likeness (QED) is 0.253. The average Bonchev–Trinajstić information content (AvgIpc) is 2.74. The fraction of sp³-hybridized carbons (Fsp3) is 0.182. The molecule has 1 heterocycles. The Kier molecular flexibility index (Phi) is 7.09. The third-order valence-electron chi connectivity index (χ3n) is 4.18. The molecule has 2 aromatic carbocycles. The van der Waals surface area contributed by atoms with E-state index in [1.807, 2.05) is 13.8 Å². The molecular formula is C22H21IN2O4S. The van der Waals surface area contributed by atoms with Gasteiger partial charge in [-0.1, -0.05) is 28.7 Å². The Balaban J connectivity index is 1.94. The van der Waals surface area contributed by atoms with Crippen molar-refractivity contribution in [3.8, 4) is 5.75 Å². The summed E-state index contributed by atoms with van der Waals surface area (Å²) in [5.74, 6) is 0.311. The lowest BCUT2D eigenvalue weighted by atomic mass is 10.0. The number of carbonyl (C=O) groups excluding carboxylic acids is 1. The molecule has 3 rings (SSSR count). The number of sulfonamides is 1. The minimum absolute atomic E-state index is 0.0104. The van der Waals surface area contributed by atoms with E-state index in [2.05, 4.69) is 32.3 Å². The fourth-order valence-corrected chi connectivity index (χ4v) is 4.34. The third-order valence-corrected chi connectivity index (χ3v) is 6.44. The molecule has 1 aromatic heterocycles. The van der Waals surface area contributed by atoms with Crippen molar-refractivity contribution in [1.82, 2.24) is 4.98 Å². The number of pyridine rings is 1. The summed E-state index contributed by atoms with van der Waals surface area (Å²) in [4.78, 5) is 17.0. The van der Waals surface area contributed by atoms with Crippen molar-refractivity contribution in [2.75, 3.05) is 4.72 Å². The third kappa shape index (κ3) is 5.37. The first-order chi connectivity index (χ1) is 14.3. The summed E-state index contributed by atoms with van der Waals surface area (Å²) in [5.41, 5.74) is 1.88. The molecule has 1 N–H and O–H groups in total. The maximum atomic E-state index is 13.0. The second-order valence-corrected chi connectivity index (χ2v) is 9.27. The number of hydrogen-bond donors (Lipinski definition) is 1. The first-order valence-electron chi connectivity index (χ1n) is 9.23. The number of hydrogen-bond acceptors (Lipinski definition) is 5. The van der Waals surface area contributed by atoms with Crippen LogP contribution in [0.1, 0.15) is 35.3 Å². The average molecular weight is 536 g/mol. The predicted molar refractivity (Wildman–Crippen MR) is 125 cm³/mol. The van der Waals surface area contributed by atoms with Crippen LogP contribution in [0.2, 0.25) is 0 Å². The van der Waals surface area contributed by atoms with Crippen molar-refractivity contribution in [3.05, 3.63) is 83.7 Å². The number of halogens is 1. The molecule has 0 aliphatic heterocycles. The minimum atomic E-state index is -3.89. The van der Waals surface area contributed by atoms with Crippen LogP contribution in [0.3, 0.4) is 0 Å². The molecule has 0 spiro atoms. The van der Waals surface area contributed by atoms with Gasteiger partial charge < -0.3 is 4.74 Å². The van der Waals surface area contributed by atoms with Gasteiger partial charge in [0.15, 0.2) is 5.78 Å². The Morgan fingerprint density at radius 3 is 2.33 bits per heavy atom. The van der Waals surface area contributed by atoms with Crippen LogP contribution in [-0.2, 0) is 14.5 Å². The highest BCUT2D eigenvalue weighted by Gasteiger charge is 2.20. The van der Waals surface area contributed by atoms with Crippen LogP contribution < -0.4 is 9.46 Å². The molecule has 0 amide bonds. The van der Waals surface area contributed by atoms with Gasteiger partial charge in [0.2, 0.25) is 0 Å². The van der Waals surface area contributed by atoms with Gasteiger partial charge >= 0.3 is 0 Å². The number of carbonyl (C=O) groups is 1. The molecule has 0 bridgehead atoms. The largest absolute Gasteiger partial charge is 0.491 e. The van der Waals surface area contributed by atoms with Gasteiger partial charge in [0, 0.05) is 27.9 Å². The smallest absolute Gasteiger partial charge is 0.261 e. The molecule has 0 atom stereocenters. The van der Waals surface area contributed by atoms with Gasteiger partial charge in [-0.15, -0.1) is 0 Å². The van der Waals surface area contributed by atoms with Crippen molar-refractivity contribution in [2.45, 2.75) is 29.3 Å². The van der Waals surface area contributed by atoms with Crippen LogP contribution >= 0.6 is 22.6 Å². The molecule has 6 nitrogen and oxygen atoms in total. The minimum Gasteiger partial charge on any atom is -0.491 e. The number of ketones is 1. The van der Waals surface area contributed by atoms with Crippen LogP contribution in [0.5, 0.6) is 5.75 Å². The number of benzene rings is 2. The van der Waals surface area contributed by atoms with E-state index >= 15 is 0 Å². The van der Waals surface area contributed by atoms with Crippen LogP contribution in [-0.4, -0.2) is 25.3 Å². The number of alkyl halides is 1. The molecule has 156 valence electrons. The molecule has 0 aliphatic carbocycles. The summed E-state index contributed by atoms with van der Waals surface area (Å²) in [6.07, 6.45) is 3.05. The van der Waals surface area contributed by atoms with Gasteiger partial charge in [-0.25, -0.2) is 8.42 Å². The first-order valence-corrected chi connectivity index (χ1v) is 12.2. The van der Waals surface area contributed by atoms with E-state index in [0.717, 1.165) is 5.56 Å². The summed E-state index contributed by atoms with van der Waals surface area (Å²) < 4.78 is 34.7. The normalized spacial score (nSPS) is 11.3. The van der Waals surface area contributed by atoms with E-state index in [-0.39, 0.29) is 22.5 Å². The lowest BCUT2D eigenvalue weighted by Gasteiger charge is -2.14. The van der Waals surface area contributed by atoms with Gasteiger partial charge in [0.1, 0.15) is 5.75 Å². The van der Waals surface area contributed by atoms with E-state index in [0.29, 0.717) is 21.3 Å². The van der Waals surface area contributed by atoms with E-state index in [1.165, 1.54) is 24.5 Å². The SMILES string of the molecule is CC(C)Oc1ccc(S(=O)(=O)Nc2ccc(CI)cc2C(=O)c2ccncc2)cc1. The van der Waals surface area contributed by atoms with Gasteiger partial charge in [0.25, 0.3) is 10.0 Å². The highest BCUT2D eigenvalue weighted by atomic mass is 127. The van der Waals surface area contributed by atoms with Crippen molar-refractivity contribution >= 4 is 44.1 Å². The zero-order valence-electron chi connectivity index (χ0n) is 16.5. The predicted octanol–water partition coefficient (Wildman–Crippen LogP) is 4.84. The summed E-state index contributed by atoms with van der Waals surface area (Å²) in [7, 11) is -3.89. The molecule has 8 heteroatoms. The Hall–Kier alpha value is -2.46. The second-order valence-electron chi connectivity index (χ2n) is 6.82. The molecule has 3 aromatic rings. The number of nitrogens with zero attached hydrogens (tertiary/aromatic N) is 1.